The first-order valence-corrected chi connectivity index (χ1v) is 7.28. The molecule has 5 nitrogen and oxygen atoms in total. The number of nitrogens with zero attached hydrogens (tertiary/aromatic N) is 2. The van der Waals surface area contributed by atoms with E-state index < -0.39 is 0 Å². The largest absolute Gasteiger partial charge is 0.332 e. The van der Waals surface area contributed by atoms with Gasteiger partial charge in [0.2, 0.25) is 0 Å². The first kappa shape index (κ1) is 12.7. The Morgan fingerprint density at radius 1 is 1.32 bits per heavy atom. The van der Waals surface area contributed by atoms with Crippen molar-refractivity contribution < 1.29 is 4.79 Å². The lowest BCUT2D eigenvalue weighted by Gasteiger charge is -2.38. The summed E-state index contributed by atoms with van der Waals surface area (Å²) in [5.74, 6) is 0.0981. The predicted molar refractivity (Wildman–Crippen MR) is 72.9 cm³/mol. The maximum Gasteiger partial charge on any atom is 0.275 e. The first-order valence-electron chi connectivity index (χ1n) is 7.28. The van der Waals surface area contributed by atoms with Crippen LogP contribution in [0.5, 0.6) is 0 Å². The minimum Gasteiger partial charge on any atom is -0.332 e. The van der Waals surface area contributed by atoms with Crippen LogP contribution in [0.15, 0.2) is 0 Å². The van der Waals surface area contributed by atoms with Crippen molar-refractivity contribution in [2.75, 3.05) is 6.54 Å². The third-order valence-electron chi connectivity index (χ3n) is 4.44. The molecule has 1 fully saturated rings. The van der Waals surface area contributed by atoms with Crippen molar-refractivity contribution in [2.24, 2.45) is 0 Å². The lowest BCUT2D eigenvalue weighted by atomic mass is 9.96. The second-order valence-corrected chi connectivity index (χ2v) is 5.80. The minimum atomic E-state index is 0.0981. The number of hydrogen-bond donors (Lipinski definition) is 2. The number of aromatic amines is 1. The summed E-state index contributed by atoms with van der Waals surface area (Å²) in [6.07, 6.45) is 4.34. The number of hydrogen-bond acceptors (Lipinski definition) is 3. The number of fused-ring (bicyclic) bond motifs is 1. The highest BCUT2D eigenvalue weighted by Gasteiger charge is 2.33. The molecule has 1 saturated heterocycles. The van der Waals surface area contributed by atoms with Crippen molar-refractivity contribution in [1.29, 1.82) is 0 Å². The van der Waals surface area contributed by atoms with E-state index in [2.05, 4.69) is 29.4 Å². The molecular formula is C14H22N4O. The van der Waals surface area contributed by atoms with Crippen LogP contribution in [0.3, 0.4) is 0 Å². The number of nitrogens with one attached hydrogen (secondary N) is 2. The van der Waals surface area contributed by atoms with Gasteiger partial charge in [0.05, 0.1) is 0 Å². The molecule has 0 spiro atoms. The lowest BCUT2D eigenvalue weighted by Crippen LogP contribution is -2.48. The van der Waals surface area contributed by atoms with E-state index in [1.165, 1.54) is 6.42 Å². The molecule has 3 heterocycles. The summed E-state index contributed by atoms with van der Waals surface area (Å²) in [5, 5.41) is 10.6. The molecule has 104 valence electrons. The molecule has 1 aromatic heterocycles. The van der Waals surface area contributed by atoms with E-state index in [4.69, 9.17) is 0 Å². The summed E-state index contributed by atoms with van der Waals surface area (Å²) >= 11 is 0. The number of amides is 1. The summed E-state index contributed by atoms with van der Waals surface area (Å²) in [4.78, 5) is 14.8. The minimum absolute atomic E-state index is 0.0981. The van der Waals surface area contributed by atoms with Gasteiger partial charge in [-0.3, -0.25) is 9.89 Å². The molecule has 1 amide bonds. The zero-order valence-electron chi connectivity index (χ0n) is 11.7. The summed E-state index contributed by atoms with van der Waals surface area (Å²) in [6, 6.07) is 0.639. The van der Waals surface area contributed by atoms with E-state index in [9.17, 15) is 4.79 Å². The highest BCUT2D eigenvalue weighted by molar-refractivity contribution is 5.94. The van der Waals surface area contributed by atoms with Crippen LogP contribution in [-0.4, -0.2) is 39.6 Å². The van der Waals surface area contributed by atoms with Crippen LogP contribution < -0.4 is 5.32 Å². The van der Waals surface area contributed by atoms with E-state index in [0.29, 0.717) is 17.8 Å². The number of piperidine rings is 1. The van der Waals surface area contributed by atoms with Gasteiger partial charge in [0.1, 0.15) is 0 Å². The molecule has 2 atom stereocenters. The van der Waals surface area contributed by atoms with E-state index in [1.54, 1.807) is 0 Å². The third kappa shape index (κ3) is 2.16. The number of aromatic nitrogens is 2. The van der Waals surface area contributed by atoms with Crippen molar-refractivity contribution in [3.63, 3.8) is 0 Å². The normalized spacial score (nSPS) is 27.2. The highest BCUT2D eigenvalue weighted by Crippen LogP contribution is 2.26. The Kier molecular flexibility index (Phi) is 3.31. The van der Waals surface area contributed by atoms with E-state index in [0.717, 1.165) is 43.6 Å². The Morgan fingerprint density at radius 3 is 2.79 bits per heavy atom. The van der Waals surface area contributed by atoms with Gasteiger partial charge in [-0.25, -0.2) is 0 Å². The molecule has 3 rings (SSSR count). The summed E-state index contributed by atoms with van der Waals surface area (Å²) < 4.78 is 0. The SMILES string of the molecule is CC1CCCC(C)N1C(=O)c1n[nH]c2c1CNCC2. The van der Waals surface area contributed by atoms with Crippen molar-refractivity contribution in [3.8, 4) is 0 Å². The highest BCUT2D eigenvalue weighted by atomic mass is 16.2. The van der Waals surface area contributed by atoms with E-state index >= 15 is 0 Å². The maximum atomic E-state index is 12.8. The van der Waals surface area contributed by atoms with E-state index in [1.807, 2.05) is 4.90 Å². The Bertz CT molecular complexity index is 472. The van der Waals surface area contributed by atoms with Gasteiger partial charge in [-0.1, -0.05) is 0 Å². The zero-order chi connectivity index (χ0) is 13.4. The topological polar surface area (TPSA) is 61.0 Å². The van der Waals surface area contributed by atoms with Crippen LogP contribution in [0.1, 0.15) is 54.9 Å². The van der Waals surface area contributed by atoms with Gasteiger partial charge in [0.15, 0.2) is 5.69 Å². The average molecular weight is 262 g/mol. The molecule has 2 aliphatic heterocycles. The van der Waals surface area contributed by atoms with Crippen LogP contribution in [0.4, 0.5) is 0 Å². The molecule has 2 aliphatic rings. The third-order valence-corrected chi connectivity index (χ3v) is 4.44. The van der Waals surface area contributed by atoms with Crippen molar-refractivity contribution in [1.82, 2.24) is 20.4 Å². The van der Waals surface area contributed by atoms with Crippen molar-refractivity contribution in [3.05, 3.63) is 17.0 Å². The Hall–Kier alpha value is -1.36. The fourth-order valence-corrected chi connectivity index (χ4v) is 3.35. The molecule has 2 N–H and O–H groups in total. The van der Waals surface area contributed by atoms with Crippen LogP contribution in [0, 0.1) is 0 Å². The van der Waals surface area contributed by atoms with Gasteiger partial charge in [-0.05, 0) is 33.1 Å². The number of rotatable bonds is 1. The van der Waals surface area contributed by atoms with Gasteiger partial charge < -0.3 is 10.2 Å². The maximum absolute atomic E-state index is 12.8. The molecular weight excluding hydrogens is 240 g/mol. The smallest absolute Gasteiger partial charge is 0.275 e. The molecule has 0 aliphatic carbocycles. The average Bonchev–Trinajstić information content (AvgIpc) is 2.82. The molecule has 1 aromatic rings. The quantitative estimate of drug-likeness (QED) is 0.805. The monoisotopic (exact) mass is 262 g/mol. The van der Waals surface area contributed by atoms with Crippen LogP contribution in [-0.2, 0) is 13.0 Å². The zero-order valence-corrected chi connectivity index (χ0v) is 11.7. The van der Waals surface area contributed by atoms with E-state index in [-0.39, 0.29) is 5.91 Å². The molecule has 0 radical (unpaired) electrons. The van der Waals surface area contributed by atoms with Crippen LogP contribution >= 0.6 is 0 Å². The molecule has 5 heteroatoms. The second kappa shape index (κ2) is 4.96. The number of carbonyl (C=O) groups is 1. The lowest BCUT2D eigenvalue weighted by molar-refractivity contribution is 0.0503. The van der Waals surface area contributed by atoms with Crippen LogP contribution in [0.2, 0.25) is 0 Å². The van der Waals surface area contributed by atoms with Crippen LogP contribution in [0.25, 0.3) is 0 Å². The fourth-order valence-electron chi connectivity index (χ4n) is 3.35. The van der Waals surface area contributed by atoms with Gasteiger partial charge >= 0.3 is 0 Å². The summed E-state index contributed by atoms with van der Waals surface area (Å²) in [6.45, 7) is 6.00. The fraction of sp³-hybridized carbons (Fsp3) is 0.714. The van der Waals surface area contributed by atoms with Gasteiger partial charge in [-0.2, -0.15) is 5.10 Å². The molecule has 0 saturated carbocycles. The molecule has 0 bridgehead atoms. The van der Waals surface area contributed by atoms with Gasteiger partial charge in [0.25, 0.3) is 5.91 Å². The number of likely N-dealkylation sites (tertiary alicyclic amines) is 1. The van der Waals surface area contributed by atoms with Crippen molar-refractivity contribution in [2.45, 2.75) is 58.2 Å². The summed E-state index contributed by atoms with van der Waals surface area (Å²) in [5.41, 5.74) is 2.82. The molecule has 19 heavy (non-hydrogen) atoms. The van der Waals surface area contributed by atoms with Crippen molar-refractivity contribution >= 4 is 5.91 Å². The number of H-pyrrole nitrogens is 1. The molecule has 0 aromatic carbocycles. The Balaban J connectivity index is 1.89. The Labute approximate surface area is 113 Å². The Morgan fingerprint density at radius 2 is 2.05 bits per heavy atom. The molecule has 2 unspecified atom stereocenters. The summed E-state index contributed by atoms with van der Waals surface area (Å²) in [7, 11) is 0. The number of carbonyl (C=O) groups excluding carboxylic acids is 1. The predicted octanol–water partition coefficient (Wildman–Crippen LogP) is 1.46. The van der Waals surface area contributed by atoms with Gasteiger partial charge in [0, 0.05) is 42.9 Å². The standard InChI is InChI=1S/C14H22N4O/c1-9-4-3-5-10(2)18(9)14(19)13-11-8-15-7-6-12(11)16-17-13/h9-10,15H,3-8H2,1-2H3,(H,16,17). The second-order valence-electron chi connectivity index (χ2n) is 5.80. The first-order chi connectivity index (χ1) is 9.18. The van der Waals surface area contributed by atoms with Gasteiger partial charge in [-0.15, -0.1) is 0 Å².